The van der Waals surface area contributed by atoms with E-state index in [1.54, 1.807) is 6.07 Å². The minimum absolute atomic E-state index is 0.0736. The van der Waals surface area contributed by atoms with Crippen LogP contribution >= 0.6 is 47.8 Å². The minimum Gasteiger partial charge on any atom is -0.380 e. The third-order valence-corrected chi connectivity index (χ3v) is 4.21. The normalized spacial score (nSPS) is 10.3. The van der Waals surface area contributed by atoms with Crippen molar-refractivity contribution >= 4 is 59.2 Å². The highest BCUT2D eigenvalue weighted by Crippen LogP contribution is 2.27. The summed E-state index contributed by atoms with van der Waals surface area (Å²) in [6, 6.07) is 10.7. The third kappa shape index (κ3) is 4.04. The molecule has 0 heterocycles. The summed E-state index contributed by atoms with van der Waals surface area (Å²) in [5.74, 6) is 0. The summed E-state index contributed by atoms with van der Waals surface area (Å²) in [6.07, 6.45) is 0. The van der Waals surface area contributed by atoms with Crippen LogP contribution in [0.2, 0.25) is 0 Å². The van der Waals surface area contributed by atoms with Gasteiger partial charge >= 0.3 is 0 Å². The second kappa shape index (κ2) is 6.69. The van der Waals surface area contributed by atoms with Gasteiger partial charge in [0.05, 0.1) is 4.92 Å². The molecule has 0 saturated heterocycles. The SMILES string of the molecule is O=[N+]([O-])c1cc(Br)cc(CNc2cc(Br)ccc2Br)c1. The predicted octanol–water partition coefficient (Wildman–Crippen LogP) is 5.49. The van der Waals surface area contributed by atoms with Gasteiger partial charge in [-0.25, -0.2) is 0 Å². The maximum atomic E-state index is 10.8. The first-order chi connectivity index (χ1) is 9.45. The predicted molar refractivity (Wildman–Crippen MR) is 90.0 cm³/mol. The first-order valence-corrected chi connectivity index (χ1v) is 7.96. The average molecular weight is 465 g/mol. The van der Waals surface area contributed by atoms with Crippen molar-refractivity contribution in [3.05, 3.63) is 65.5 Å². The van der Waals surface area contributed by atoms with Gasteiger partial charge in [0.2, 0.25) is 0 Å². The molecular weight excluding hydrogens is 456 g/mol. The fourth-order valence-electron chi connectivity index (χ4n) is 1.67. The number of nitro benzene ring substituents is 1. The standard InChI is InChI=1S/C13H9Br3N2O2/c14-9-1-2-12(16)13(6-9)17-7-8-3-10(15)5-11(4-8)18(19)20/h1-6,17H,7H2. The van der Waals surface area contributed by atoms with Crippen molar-refractivity contribution < 1.29 is 4.92 Å². The summed E-state index contributed by atoms with van der Waals surface area (Å²) in [6.45, 7) is 0.495. The van der Waals surface area contributed by atoms with E-state index in [9.17, 15) is 10.1 Å². The largest absolute Gasteiger partial charge is 0.380 e. The molecule has 0 unspecified atom stereocenters. The van der Waals surface area contributed by atoms with Gasteiger partial charge < -0.3 is 5.32 Å². The van der Waals surface area contributed by atoms with E-state index in [1.165, 1.54) is 6.07 Å². The molecule has 2 aromatic carbocycles. The van der Waals surface area contributed by atoms with Gasteiger partial charge in [-0.15, -0.1) is 0 Å². The van der Waals surface area contributed by atoms with Gasteiger partial charge in [-0.1, -0.05) is 31.9 Å². The topological polar surface area (TPSA) is 55.2 Å². The molecule has 0 aliphatic rings. The Morgan fingerprint density at radius 1 is 1.05 bits per heavy atom. The molecule has 0 saturated carbocycles. The Kier molecular flexibility index (Phi) is 5.17. The molecule has 4 nitrogen and oxygen atoms in total. The molecular formula is C13H9Br3N2O2. The van der Waals surface area contributed by atoms with Crippen LogP contribution in [0, 0.1) is 10.1 Å². The van der Waals surface area contributed by atoms with E-state index in [-0.39, 0.29) is 5.69 Å². The number of nitro groups is 1. The molecule has 0 aromatic heterocycles. The molecule has 0 radical (unpaired) electrons. The van der Waals surface area contributed by atoms with Gasteiger partial charge in [-0.05, 0) is 45.8 Å². The molecule has 0 spiro atoms. The molecule has 104 valence electrons. The number of nitrogens with zero attached hydrogens (tertiary/aromatic N) is 1. The number of anilines is 1. The summed E-state index contributed by atoms with van der Waals surface area (Å²) >= 11 is 10.1. The van der Waals surface area contributed by atoms with Crippen LogP contribution in [0.3, 0.4) is 0 Å². The van der Waals surface area contributed by atoms with Gasteiger partial charge in [0.25, 0.3) is 5.69 Å². The summed E-state index contributed by atoms with van der Waals surface area (Å²) in [7, 11) is 0. The Balaban J connectivity index is 2.18. The molecule has 20 heavy (non-hydrogen) atoms. The van der Waals surface area contributed by atoms with E-state index in [4.69, 9.17) is 0 Å². The lowest BCUT2D eigenvalue weighted by Gasteiger charge is -2.09. The number of nitrogens with one attached hydrogen (secondary N) is 1. The van der Waals surface area contributed by atoms with Crippen LogP contribution in [0.4, 0.5) is 11.4 Å². The molecule has 7 heteroatoms. The Morgan fingerprint density at radius 2 is 1.80 bits per heavy atom. The minimum atomic E-state index is -0.400. The quantitative estimate of drug-likeness (QED) is 0.480. The third-order valence-electron chi connectivity index (χ3n) is 2.56. The lowest BCUT2D eigenvalue weighted by Crippen LogP contribution is -2.01. The van der Waals surface area contributed by atoms with E-state index in [0.717, 1.165) is 20.2 Å². The van der Waals surface area contributed by atoms with Crippen LogP contribution in [-0.2, 0) is 6.54 Å². The van der Waals surface area contributed by atoms with Gasteiger partial charge in [0.15, 0.2) is 0 Å². The second-order valence-electron chi connectivity index (χ2n) is 4.05. The molecule has 2 aromatic rings. The zero-order valence-corrected chi connectivity index (χ0v) is 14.8. The fraction of sp³-hybridized carbons (Fsp3) is 0.0769. The Hall–Kier alpha value is -0.920. The van der Waals surface area contributed by atoms with Crippen LogP contribution < -0.4 is 5.32 Å². The second-order valence-corrected chi connectivity index (χ2v) is 6.74. The van der Waals surface area contributed by atoms with Crippen molar-refractivity contribution in [3.63, 3.8) is 0 Å². The van der Waals surface area contributed by atoms with Crippen molar-refractivity contribution in [3.8, 4) is 0 Å². The zero-order chi connectivity index (χ0) is 14.7. The summed E-state index contributed by atoms with van der Waals surface area (Å²) in [5, 5.41) is 14.1. The smallest absolute Gasteiger partial charge is 0.270 e. The lowest BCUT2D eigenvalue weighted by molar-refractivity contribution is -0.385. The highest BCUT2D eigenvalue weighted by molar-refractivity contribution is 9.11. The van der Waals surface area contributed by atoms with Crippen LogP contribution in [0.1, 0.15) is 5.56 Å². The van der Waals surface area contributed by atoms with Crippen LogP contribution in [0.15, 0.2) is 49.8 Å². The van der Waals surface area contributed by atoms with E-state index in [1.807, 2.05) is 24.3 Å². The number of hydrogen-bond acceptors (Lipinski definition) is 3. The number of non-ortho nitro benzene ring substituents is 1. The van der Waals surface area contributed by atoms with Crippen LogP contribution in [0.25, 0.3) is 0 Å². The molecule has 0 aliphatic carbocycles. The van der Waals surface area contributed by atoms with E-state index in [0.29, 0.717) is 11.0 Å². The fourth-order valence-corrected chi connectivity index (χ4v) is 2.95. The van der Waals surface area contributed by atoms with Gasteiger partial charge in [-0.3, -0.25) is 10.1 Å². The molecule has 0 fully saturated rings. The van der Waals surface area contributed by atoms with Crippen molar-refractivity contribution in [2.24, 2.45) is 0 Å². The lowest BCUT2D eigenvalue weighted by atomic mass is 10.2. The highest BCUT2D eigenvalue weighted by Gasteiger charge is 2.09. The van der Waals surface area contributed by atoms with Crippen molar-refractivity contribution in [1.82, 2.24) is 0 Å². The average Bonchev–Trinajstić information content (AvgIpc) is 2.39. The zero-order valence-electron chi connectivity index (χ0n) is 10.1. The molecule has 0 aliphatic heterocycles. The molecule has 1 N–H and O–H groups in total. The van der Waals surface area contributed by atoms with Gasteiger partial charge in [0, 0.05) is 37.8 Å². The van der Waals surface area contributed by atoms with Crippen molar-refractivity contribution in [2.45, 2.75) is 6.54 Å². The summed E-state index contributed by atoms with van der Waals surface area (Å²) in [5.41, 5.74) is 1.82. The Bertz CT molecular complexity index is 662. The first kappa shape index (κ1) is 15.5. The van der Waals surface area contributed by atoms with Crippen molar-refractivity contribution in [1.29, 1.82) is 0 Å². The van der Waals surface area contributed by atoms with E-state index in [2.05, 4.69) is 53.1 Å². The first-order valence-electron chi connectivity index (χ1n) is 5.58. The summed E-state index contributed by atoms with van der Waals surface area (Å²) < 4.78 is 2.59. The van der Waals surface area contributed by atoms with Crippen LogP contribution in [0.5, 0.6) is 0 Å². The van der Waals surface area contributed by atoms with Crippen molar-refractivity contribution in [2.75, 3.05) is 5.32 Å². The Labute approximate surface area is 141 Å². The van der Waals surface area contributed by atoms with E-state index >= 15 is 0 Å². The number of benzene rings is 2. The molecule has 0 amide bonds. The number of halogens is 3. The van der Waals surface area contributed by atoms with Gasteiger partial charge in [-0.2, -0.15) is 0 Å². The summed E-state index contributed by atoms with van der Waals surface area (Å²) in [4.78, 5) is 10.4. The van der Waals surface area contributed by atoms with Gasteiger partial charge in [0.1, 0.15) is 0 Å². The highest BCUT2D eigenvalue weighted by atomic mass is 79.9. The monoisotopic (exact) mass is 462 g/mol. The molecule has 0 atom stereocenters. The number of rotatable bonds is 4. The van der Waals surface area contributed by atoms with Crippen LogP contribution in [-0.4, -0.2) is 4.92 Å². The maximum absolute atomic E-state index is 10.8. The maximum Gasteiger partial charge on any atom is 0.270 e. The van der Waals surface area contributed by atoms with E-state index < -0.39 is 4.92 Å². The molecule has 2 rings (SSSR count). The Morgan fingerprint density at radius 3 is 2.50 bits per heavy atom. The molecule has 0 bridgehead atoms. The number of hydrogen-bond donors (Lipinski definition) is 1.